The van der Waals surface area contributed by atoms with Crippen molar-refractivity contribution in [2.24, 2.45) is 0 Å². The molecule has 0 aromatic heterocycles. The fourth-order valence-electron chi connectivity index (χ4n) is 1.35. The largest absolute Gasteiger partial charge is 0.394 e. The highest BCUT2D eigenvalue weighted by Crippen LogP contribution is 2.06. The van der Waals surface area contributed by atoms with E-state index < -0.39 is 0 Å². The molecule has 0 amide bonds. The molecular weight excluding hydrogens is 142 g/mol. The van der Waals surface area contributed by atoms with Gasteiger partial charge in [-0.25, -0.2) is 0 Å². The van der Waals surface area contributed by atoms with Crippen LogP contribution in [0.3, 0.4) is 0 Å². The minimum Gasteiger partial charge on any atom is -0.394 e. The highest BCUT2D eigenvalue weighted by Gasteiger charge is 2.10. The molecule has 11 heavy (non-hydrogen) atoms. The van der Waals surface area contributed by atoms with Crippen molar-refractivity contribution in [3.8, 4) is 0 Å². The van der Waals surface area contributed by atoms with E-state index in [9.17, 15) is 0 Å². The van der Waals surface area contributed by atoms with Gasteiger partial charge in [0.2, 0.25) is 0 Å². The summed E-state index contributed by atoms with van der Waals surface area (Å²) in [4.78, 5) is 0. The van der Waals surface area contributed by atoms with E-state index in [1.807, 2.05) is 0 Å². The van der Waals surface area contributed by atoms with Crippen LogP contribution in [0.15, 0.2) is 0 Å². The van der Waals surface area contributed by atoms with Gasteiger partial charge in [0.1, 0.15) is 0 Å². The van der Waals surface area contributed by atoms with Crippen LogP contribution < -0.4 is 5.32 Å². The van der Waals surface area contributed by atoms with Crippen molar-refractivity contribution in [2.75, 3.05) is 26.3 Å². The second-order valence-electron chi connectivity index (χ2n) is 2.92. The molecule has 2 N–H and O–H groups in total. The Morgan fingerprint density at radius 2 is 2.36 bits per heavy atom. The van der Waals surface area contributed by atoms with Crippen LogP contribution >= 0.6 is 0 Å². The standard InChI is InChI=1S/C8H17NO2/c10-5-6-11-8-3-1-2-4-9-7-8/h8-10H,1-7H2. The summed E-state index contributed by atoms with van der Waals surface area (Å²) < 4.78 is 5.40. The Hall–Kier alpha value is -0.120. The fraction of sp³-hybridized carbons (Fsp3) is 1.00. The van der Waals surface area contributed by atoms with Crippen LogP contribution in [0.5, 0.6) is 0 Å². The van der Waals surface area contributed by atoms with Gasteiger partial charge in [0.15, 0.2) is 0 Å². The smallest absolute Gasteiger partial charge is 0.0702 e. The monoisotopic (exact) mass is 159 g/mol. The number of aliphatic hydroxyl groups excluding tert-OH is 1. The quantitative estimate of drug-likeness (QED) is 0.615. The van der Waals surface area contributed by atoms with Gasteiger partial charge < -0.3 is 15.2 Å². The van der Waals surface area contributed by atoms with Gasteiger partial charge in [-0.2, -0.15) is 0 Å². The molecule has 66 valence electrons. The highest BCUT2D eigenvalue weighted by molar-refractivity contribution is 4.66. The van der Waals surface area contributed by atoms with Crippen molar-refractivity contribution in [1.82, 2.24) is 5.32 Å². The van der Waals surface area contributed by atoms with E-state index in [2.05, 4.69) is 5.32 Å². The summed E-state index contributed by atoms with van der Waals surface area (Å²) in [6.45, 7) is 2.67. The molecular formula is C8H17NO2. The Morgan fingerprint density at radius 1 is 1.45 bits per heavy atom. The van der Waals surface area contributed by atoms with Gasteiger partial charge >= 0.3 is 0 Å². The first kappa shape index (κ1) is 8.97. The lowest BCUT2D eigenvalue weighted by atomic mass is 10.2. The SMILES string of the molecule is OCCOC1CCCCNC1. The molecule has 0 aliphatic carbocycles. The maximum Gasteiger partial charge on any atom is 0.0702 e. The van der Waals surface area contributed by atoms with Crippen molar-refractivity contribution in [3.05, 3.63) is 0 Å². The van der Waals surface area contributed by atoms with E-state index in [1.165, 1.54) is 12.8 Å². The third kappa shape index (κ3) is 3.70. The van der Waals surface area contributed by atoms with Gasteiger partial charge in [-0.3, -0.25) is 0 Å². The zero-order valence-electron chi connectivity index (χ0n) is 6.88. The summed E-state index contributed by atoms with van der Waals surface area (Å²) in [5, 5.41) is 11.8. The van der Waals surface area contributed by atoms with Crippen LogP contribution in [-0.4, -0.2) is 37.5 Å². The molecule has 0 aromatic carbocycles. The minimum absolute atomic E-state index is 0.135. The summed E-state index contributed by atoms with van der Waals surface area (Å²) in [6, 6.07) is 0. The number of aliphatic hydroxyl groups is 1. The number of hydrogen-bond donors (Lipinski definition) is 2. The molecule has 0 radical (unpaired) electrons. The third-order valence-corrected chi connectivity index (χ3v) is 1.95. The maximum absolute atomic E-state index is 8.52. The second kappa shape index (κ2) is 5.52. The molecule has 1 fully saturated rings. The third-order valence-electron chi connectivity index (χ3n) is 1.95. The van der Waals surface area contributed by atoms with Crippen LogP contribution in [0.1, 0.15) is 19.3 Å². The minimum atomic E-state index is 0.135. The van der Waals surface area contributed by atoms with Crippen LogP contribution in [0.2, 0.25) is 0 Å². The lowest BCUT2D eigenvalue weighted by Crippen LogP contribution is -2.27. The van der Waals surface area contributed by atoms with Gasteiger partial charge in [-0.05, 0) is 25.8 Å². The van der Waals surface area contributed by atoms with Crippen LogP contribution in [-0.2, 0) is 4.74 Å². The van der Waals surface area contributed by atoms with Crippen LogP contribution in [0, 0.1) is 0 Å². The molecule has 1 rings (SSSR count). The molecule has 1 aliphatic heterocycles. The number of hydrogen-bond acceptors (Lipinski definition) is 3. The lowest BCUT2D eigenvalue weighted by Gasteiger charge is -2.13. The van der Waals surface area contributed by atoms with E-state index in [0.717, 1.165) is 19.5 Å². The first-order valence-corrected chi connectivity index (χ1v) is 4.36. The van der Waals surface area contributed by atoms with Crippen molar-refractivity contribution >= 4 is 0 Å². The van der Waals surface area contributed by atoms with Gasteiger partial charge in [-0.15, -0.1) is 0 Å². The summed E-state index contributed by atoms with van der Waals surface area (Å²) in [5.74, 6) is 0. The van der Waals surface area contributed by atoms with Crippen molar-refractivity contribution in [1.29, 1.82) is 0 Å². The zero-order valence-corrected chi connectivity index (χ0v) is 6.88. The first-order valence-electron chi connectivity index (χ1n) is 4.36. The number of rotatable bonds is 3. The van der Waals surface area contributed by atoms with Crippen molar-refractivity contribution in [2.45, 2.75) is 25.4 Å². The number of ether oxygens (including phenoxy) is 1. The average Bonchev–Trinajstić information content (AvgIpc) is 2.28. The van der Waals surface area contributed by atoms with Gasteiger partial charge in [0.25, 0.3) is 0 Å². The van der Waals surface area contributed by atoms with Gasteiger partial charge in [0.05, 0.1) is 19.3 Å². The summed E-state index contributed by atoms with van der Waals surface area (Å²) in [6.07, 6.45) is 3.94. The molecule has 1 aliphatic rings. The van der Waals surface area contributed by atoms with Crippen LogP contribution in [0.4, 0.5) is 0 Å². The van der Waals surface area contributed by atoms with E-state index in [-0.39, 0.29) is 6.61 Å². The predicted molar refractivity (Wildman–Crippen MR) is 43.5 cm³/mol. The van der Waals surface area contributed by atoms with Gasteiger partial charge in [-0.1, -0.05) is 0 Å². The Kier molecular flexibility index (Phi) is 4.50. The van der Waals surface area contributed by atoms with Crippen molar-refractivity contribution < 1.29 is 9.84 Å². The topological polar surface area (TPSA) is 41.5 Å². The fourth-order valence-corrected chi connectivity index (χ4v) is 1.35. The van der Waals surface area contributed by atoms with Crippen LogP contribution in [0.25, 0.3) is 0 Å². The van der Waals surface area contributed by atoms with E-state index in [1.54, 1.807) is 0 Å². The van der Waals surface area contributed by atoms with Crippen molar-refractivity contribution in [3.63, 3.8) is 0 Å². The second-order valence-corrected chi connectivity index (χ2v) is 2.92. The predicted octanol–water partition coefficient (Wildman–Crippen LogP) is 0.137. The van der Waals surface area contributed by atoms with E-state index in [0.29, 0.717) is 12.7 Å². The molecule has 0 aromatic rings. The molecule has 0 bridgehead atoms. The molecule has 1 atom stereocenters. The Morgan fingerprint density at radius 3 is 3.18 bits per heavy atom. The normalized spacial score (nSPS) is 26.5. The van der Waals surface area contributed by atoms with Gasteiger partial charge in [0, 0.05) is 6.54 Å². The summed E-state index contributed by atoms with van der Waals surface area (Å²) >= 11 is 0. The van der Waals surface area contributed by atoms with E-state index in [4.69, 9.17) is 9.84 Å². The Labute approximate surface area is 67.7 Å². The zero-order chi connectivity index (χ0) is 7.94. The first-order chi connectivity index (χ1) is 5.43. The highest BCUT2D eigenvalue weighted by atomic mass is 16.5. The lowest BCUT2D eigenvalue weighted by molar-refractivity contribution is 0.0271. The molecule has 0 spiro atoms. The Bertz CT molecular complexity index is 90.1. The Balaban J connectivity index is 2.09. The summed E-state index contributed by atoms with van der Waals surface area (Å²) in [7, 11) is 0. The maximum atomic E-state index is 8.52. The van der Waals surface area contributed by atoms with E-state index >= 15 is 0 Å². The molecule has 3 nitrogen and oxygen atoms in total. The number of nitrogens with one attached hydrogen (secondary N) is 1. The average molecular weight is 159 g/mol. The summed E-state index contributed by atoms with van der Waals surface area (Å²) in [5.41, 5.74) is 0. The molecule has 1 heterocycles. The molecule has 1 unspecified atom stereocenters. The molecule has 1 saturated heterocycles. The molecule has 3 heteroatoms. The molecule has 0 saturated carbocycles.